The maximum Gasteiger partial charge on any atom is 0.142 e. The van der Waals surface area contributed by atoms with Crippen molar-refractivity contribution in [2.45, 2.75) is 0 Å². The summed E-state index contributed by atoms with van der Waals surface area (Å²) in [7, 11) is 0. The molecule has 0 aliphatic heterocycles. The molecule has 3 heteroatoms. The predicted octanol–water partition coefficient (Wildman–Crippen LogP) is 1.11. The number of carbonyl (C=O) groups excluding carboxylic acids is 3. The number of hydrogen-bond acceptors (Lipinski definition) is 3. The Kier molecular flexibility index (Phi) is 48.5. The van der Waals surface area contributed by atoms with Gasteiger partial charge >= 0.3 is 0 Å². The molecule has 0 N–H and O–H groups in total. The Morgan fingerprint density at radius 2 is 0.667 bits per heavy atom. The summed E-state index contributed by atoms with van der Waals surface area (Å²) in [5.41, 5.74) is 0. The van der Waals surface area contributed by atoms with Gasteiger partial charge in [-0.1, -0.05) is 19.7 Å². The highest BCUT2D eigenvalue weighted by Crippen LogP contribution is 1.36. The van der Waals surface area contributed by atoms with E-state index < -0.39 is 0 Å². The molecule has 0 fully saturated rings. The summed E-state index contributed by atoms with van der Waals surface area (Å²) >= 11 is 0. The van der Waals surface area contributed by atoms with Crippen LogP contribution in [0.2, 0.25) is 0 Å². The number of aldehydes is 3. The van der Waals surface area contributed by atoms with Crippen molar-refractivity contribution < 1.29 is 14.4 Å². The quantitative estimate of drug-likeness (QED) is 0.468. The van der Waals surface area contributed by atoms with Crippen LogP contribution < -0.4 is 0 Å². The van der Waals surface area contributed by atoms with Crippen LogP contribution in [-0.2, 0) is 14.4 Å². The van der Waals surface area contributed by atoms with Crippen LogP contribution in [0.15, 0.2) is 38.0 Å². The van der Waals surface area contributed by atoms with Crippen LogP contribution in [0.25, 0.3) is 0 Å². The van der Waals surface area contributed by atoms with Crippen molar-refractivity contribution in [3.63, 3.8) is 0 Å². The minimum atomic E-state index is 0.639. The Morgan fingerprint density at radius 1 is 0.583 bits per heavy atom. The van der Waals surface area contributed by atoms with Gasteiger partial charge in [-0.05, 0) is 18.2 Å². The van der Waals surface area contributed by atoms with Crippen molar-refractivity contribution in [2.75, 3.05) is 0 Å². The second kappa shape index (κ2) is 34.9. The summed E-state index contributed by atoms with van der Waals surface area (Å²) < 4.78 is 0. The van der Waals surface area contributed by atoms with Crippen LogP contribution in [0.5, 0.6) is 0 Å². The molecule has 0 aromatic rings. The van der Waals surface area contributed by atoms with Crippen molar-refractivity contribution in [3.05, 3.63) is 38.0 Å². The topological polar surface area (TPSA) is 51.2 Å². The molecule has 66 valence electrons. The normalized spacial score (nSPS) is 5.00. The summed E-state index contributed by atoms with van der Waals surface area (Å²) in [6, 6.07) is 0. The molecule has 0 saturated carbocycles. The summed E-state index contributed by atoms with van der Waals surface area (Å²) in [5, 5.41) is 0. The molecular weight excluding hydrogens is 156 g/mol. The van der Waals surface area contributed by atoms with Crippen molar-refractivity contribution in [1.29, 1.82) is 0 Å². The van der Waals surface area contributed by atoms with Gasteiger partial charge in [0.1, 0.15) is 18.9 Å². The molecule has 0 rings (SSSR count). The highest BCUT2D eigenvalue weighted by molar-refractivity contribution is 5.63. The fraction of sp³-hybridized carbons (Fsp3) is 0. The van der Waals surface area contributed by atoms with Crippen molar-refractivity contribution in [1.82, 2.24) is 0 Å². The molecule has 0 heterocycles. The maximum absolute atomic E-state index is 9.06. The first-order valence-electron chi connectivity index (χ1n) is 2.93. The second-order valence-corrected chi connectivity index (χ2v) is 1.12. The molecule has 0 radical (unpaired) electrons. The smallest absolute Gasteiger partial charge is 0.142 e. The Morgan fingerprint density at radius 3 is 0.667 bits per heavy atom. The van der Waals surface area contributed by atoms with Crippen molar-refractivity contribution in [3.8, 4) is 0 Å². The standard InChI is InChI=1S/3C3H4O/c3*1-2-3-4/h3*2-3H,1H2. The Labute approximate surface area is 72.1 Å². The molecular formula is C9H12O3. The molecule has 0 spiro atoms. The van der Waals surface area contributed by atoms with Gasteiger partial charge in [0.05, 0.1) is 0 Å². The lowest BCUT2D eigenvalue weighted by atomic mass is 10.8. The van der Waals surface area contributed by atoms with E-state index in [0.717, 1.165) is 0 Å². The lowest BCUT2D eigenvalue weighted by molar-refractivity contribution is -0.104. The molecule has 0 unspecified atom stereocenters. The lowest BCUT2D eigenvalue weighted by Crippen LogP contribution is -1.44. The fourth-order valence-electron chi connectivity index (χ4n) is 0. The van der Waals surface area contributed by atoms with E-state index in [4.69, 9.17) is 14.4 Å². The van der Waals surface area contributed by atoms with Crippen LogP contribution in [0.1, 0.15) is 0 Å². The van der Waals surface area contributed by atoms with Crippen LogP contribution in [0.3, 0.4) is 0 Å². The highest BCUT2D eigenvalue weighted by atomic mass is 16.1. The van der Waals surface area contributed by atoms with E-state index in [9.17, 15) is 0 Å². The molecule has 0 bridgehead atoms. The molecule has 0 saturated heterocycles. The molecule has 0 aliphatic carbocycles. The molecule has 0 amide bonds. The summed E-state index contributed by atoms with van der Waals surface area (Å²) in [6.45, 7) is 9.33. The molecule has 0 aliphatic rings. The molecule has 12 heavy (non-hydrogen) atoms. The first-order valence-corrected chi connectivity index (χ1v) is 2.93. The third-order valence-electron chi connectivity index (χ3n) is 0.289. The van der Waals surface area contributed by atoms with E-state index in [1.54, 1.807) is 0 Å². The average Bonchev–Trinajstić information content (AvgIpc) is 2.18. The van der Waals surface area contributed by atoms with Gasteiger partial charge in [-0.25, -0.2) is 0 Å². The molecule has 0 atom stereocenters. The number of rotatable bonds is 3. The van der Waals surface area contributed by atoms with Crippen LogP contribution in [0, 0.1) is 0 Å². The molecule has 0 aromatic heterocycles. The molecule has 0 aromatic carbocycles. The van der Waals surface area contributed by atoms with Crippen molar-refractivity contribution >= 4 is 18.9 Å². The van der Waals surface area contributed by atoms with E-state index in [2.05, 4.69) is 19.7 Å². The number of hydrogen-bond donors (Lipinski definition) is 0. The SMILES string of the molecule is C=CC=O.C=CC=O.C=CC=O. The largest absolute Gasteiger partial charge is 0.299 e. The first kappa shape index (κ1) is 16.7. The fourth-order valence-corrected chi connectivity index (χ4v) is 0. The zero-order chi connectivity index (χ0) is 10.2. The van der Waals surface area contributed by atoms with E-state index in [0.29, 0.717) is 18.9 Å². The van der Waals surface area contributed by atoms with E-state index in [1.165, 1.54) is 18.2 Å². The zero-order valence-electron chi connectivity index (χ0n) is 6.81. The Hall–Kier alpha value is -1.77. The third kappa shape index (κ3) is 284. The third-order valence-corrected chi connectivity index (χ3v) is 0.289. The van der Waals surface area contributed by atoms with Gasteiger partial charge in [0.15, 0.2) is 0 Å². The van der Waals surface area contributed by atoms with Gasteiger partial charge in [-0.15, -0.1) is 0 Å². The summed E-state index contributed by atoms with van der Waals surface area (Å²) in [4.78, 5) is 27.2. The van der Waals surface area contributed by atoms with Crippen LogP contribution in [0.4, 0.5) is 0 Å². The minimum Gasteiger partial charge on any atom is -0.299 e. The number of carbonyl (C=O) groups is 3. The van der Waals surface area contributed by atoms with Gasteiger partial charge in [0.2, 0.25) is 0 Å². The van der Waals surface area contributed by atoms with Gasteiger partial charge in [-0.3, -0.25) is 14.4 Å². The highest BCUT2D eigenvalue weighted by Gasteiger charge is 1.39. The average molecular weight is 168 g/mol. The van der Waals surface area contributed by atoms with Gasteiger partial charge in [0, 0.05) is 0 Å². The Bertz CT molecular complexity index is 101. The van der Waals surface area contributed by atoms with Crippen LogP contribution in [-0.4, -0.2) is 18.9 Å². The molecule has 3 nitrogen and oxygen atoms in total. The van der Waals surface area contributed by atoms with Gasteiger partial charge in [0.25, 0.3) is 0 Å². The minimum absolute atomic E-state index is 0.639. The monoisotopic (exact) mass is 168 g/mol. The summed E-state index contributed by atoms with van der Waals surface area (Å²) in [6.07, 6.45) is 5.50. The van der Waals surface area contributed by atoms with E-state index in [-0.39, 0.29) is 0 Å². The van der Waals surface area contributed by atoms with Crippen molar-refractivity contribution in [2.24, 2.45) is 0 Å². The van der Waals surface area contributed by atoms with Gasteiger partial charge < -0.3 is 0 Å². The second-order valence-electron chi connectivity index (χ2n) is 1.12. The Balaban J connectivity index is -0.000000101. The van der Waals surface area contributed by atoms with Crippen LogP contribution >= 0.6 is 0 Å². The lowest BCUT2D eigenvalue weighted by Gasteiger charge is -1.37. The first-order chi connectivity index (χ1) is 5.74. The van der Waals surface area contributed by atoms with Gasteiger partial charge in [-0.2, -0.15) is 0 Å². The zero-order valence-corrected chi connectivity index (χ0v) is 6.81. The van der Waals surface area contributed by atoms with E-state index >= 15 is 0 Å². The van der Waals surface area contributed by atoms with E-state index in [1.807, 2.05) is 0 Å². The summed E-state index contributed by atoms with van der Waals surface area (Å²) in [5.74, 6) is 0. The number of allylic oxidation sites excluding steroid dienone is 3. The predicted molar refractivity (Wildman–Crippen MR) is 48.8 cm³/mol. The maximum atomic E-state index is 9.06.